The molecule has 2 aliphatic rings. The van der Waals surface area contributed by atoms with Crippen LogP contribution in [0.4, 0.5) is 0 Å². The number of amidine groups is 1. The van der Waals surface area contributed by atoms with E-state index in [4.69, 9.17) is 4.99 Å². The number of aliphatic imine (C=N–C) groups is 1. The van der Waals surface area contributed by atoms with Crippen molar-refractivity contribution in [2.24, 2.45) is 4.99 Å². The lowest BCUT2D eigenvalue weighted by Crippen LogP contribution is -2.42. The van der Waals surface area contributed by atoms with Crippen molar-refractivity contribution in [1.82, 2.24) is 15.1 Å². The van der Waals surface area contributed by atoms with Gasteiger partial charge in [0.05, 0.1) is 6.04 Å². The molecule has 2 aliphatic heterocycles. The maximum absolute atomic E-state index is 12.8. The van der Waals surface area contributed by atoms with Crippen LogP contribution in [0.2, 0.25) is 0 Å². The van der Waals surface area contributed by atoms with Gasteiger partial charge < -0.3 is 10.2 Å². The van der Waals surface area contributed by atoms with Crippen LogP contribution in [0.3, 0.4) is 0 Å². The van der Waals surface area contributed by atoms with E-state index in [1.54, 1.807) is 6.08 Å². The highest BCUT2D eigenvalue weighted by Crippen LogP contribution is 2.32. The van der Waals surface area contributed by atoms with E-state index in [9.17, 15) is 9.59 Å². The number of nitrogens with one attached hydrogen (secondary N) is 1. The summed E-state index contributed by atoms with van der Waals surface area (Å²) in [6.07, 6.45) is 7.97. The number of hydrogen-bond acceptors (Lipinski definition) is 5. The normalized spacial score (nSPS) is 25.9. The molecular weight excluding hydrogens is 352 g/mol. The molecule has 1 N–H and O–H groups in total. The topological polar surface area (TPSA) is 65.0 Å². The van der Waals surface area contributed by atoms with Gasteiger partial charge in [0.1, 0.15) is 12.1 Å². The van der Waals surface area contributed by atoms with Crippen LogP contribution >= 0.6 is 0 Å². The van der Waals surface area contributed by atoms with Gasteiger partial charge in [0.2, 0.25) is 0 Å². The van der Waals surface area contributed by atoms with Gasteiger partial charge >= 0.3 is 0 Å². The van der Waals surface area contributed by atoms with Gasteiger partial charge in [-0.25, -0.2) is 4.99 Å². The van der Waals surface area contributed by atoms with Crippen LogP contribution in [0.15, 0.2) is 47.5 Å². The van der Waals surface area contributed by atoms with Crippen LogP contribution in [0, 0.1) is 0 Å². The number of rotatable bonds is 6. The summed E-state index contributed by atoms with van der Waals surface area (Å²) in [5.41, 5.74) is 1.94. The highest BCUT2D eigenvalue weighted by molar-refractivity contribution is 6.10. The third kappa shape index (κ3) is 3.78. The van der Waals surface area contributed by atoms with Crippen molar-refractivity contribution < 1.29 is 9.59 Å². The Hall–Kier alpha value is -2.73. The fourth-order valence-electron chi connectivity index (χ4n) is 3.83. The molecule has 0 spiro atoms. The largest absolute Gasteiger partial charge is 0.377 e. The molecule has 1 saturated heterocycles. The highest BCUT2D eigenvalue weighted by Gasteiger charge is 2.43. The van der Waals surface area contributed by atoms with Crippen molar-refractivity contribution in [3.8, 4) is 0 Å². The first-order chi connectivity index (χ1) is 13.4. The minimum Gasteiger partial charge on any atom is -0.377 e. The lowest BCUT2D eigenvalue weighted by molar-refractivity contribution is -0.123. The van der Waals surface area contributed by atoms with Crippen LogP contribution in [-0.4, -0.2) is 61.6 Å². The van der Waals surface area contributed by atoms with E-state index in [1.807, 2.05) is 56.3 Å². The quantitative estimate of drug-likeness (QED) is 0.467. The van der Waals surface area contributed by atoms with Gasteiger partial charge in [0.25, 0.3) is 5.91 Å². The van der Waals surface area contributed by atoms with Crippen molar-refractivity contribution in [2.45, 2.75) is 31.3 Å². The van der Waals surface area contributed by atoms with Gasteiger partial charge in [-0.1, -0.05) is 30.3 Å². The Morgan fingerprint density at radius 2 is 2.00 bits per heavy atom. The van der Waals surface area contributed by atoms with E-state index in [1.165, 1.54) is 6.08 Å². The Bertz CT molecular complexity index is 839. The van der Waals surface area contributed by atoms with Crippen molar-refractivity contribution in [3.63, 3.8) is 0 Å². The number of carbonyl (C=O) groups is 2. The molecule has 1 amide bonds. The van der Waals surface area contributed by atoms with Crippen LogP contribution in [-0.2, 0) is 15.1 Å². The molecule has 148 valence electrons. The maximum Gasteiger partial charge on any atom is 0.257 e. The van der Waals surface area contributed by atoms with Crippen LogP contribution in [0.5, 0.6) is 0 Å². The molecule has 2 heterocycles. The average Bonchev–Trinajstić information content (AvgIpc) is 3.22. The SMILES string of the molecule is CN(C)/C(=C\C=C/C=O)c1ccc(C2(C)N=C(C3CCCN3C)NC2=O)cc1. The number of nitrogens with zero attached hydrogens (tertiary/aromatic N) is 3. The van der Waals surface area contributed by atoms with Gasteiger partial charge in [-0.05, 0) is 56.6 Å². The number of likely N-dealkylation sites (tertiary alicyclic amines) is 1. The second-order valence-electron chi connectivity index (χ2n) is 7.71. The van der Waals surface area contributed by atoms with E-state index in [0.717, 1.165) is 48.3 Å². The van der Waals surface area contributed by atoms with Crippen molar-refractivity contribution in [3.05, 3.63) is 53.6 Å². The van der Waals surface area contributed by atoms with E-state index in [-0.39, 0.29) is 11.9 Å². The molecule has 3 rings (SSSR count). The van der Waals surface area contributed by atoms with Crippen LogP contribution in [0.25, 0.3) is 5.70 Å². The molecule has 0 radical (unpaired) electrons. The Labute approximate surface area is 166 Å². The Morgan fingerprint density at radius 3 is 2.57 bits per heavy atom. The van der Waals surface area contributed by atoms with Gasteiger partial charge in [-0.15, -0.1) is 0 Å². The predicted octanol–water partition coefficient (Wildman–Crippen LogP) is 2.18. The van der Waals surface area contributed by atoms with E-state index in [2.05, 4.69) is 17.3 Å². The van der Waals surface area contributed by atoms with Gasteiger partial charge in [0.15, 0.2) is 5.54 Å². The molecule has 0 aliphatic carbocycles. The van der Waals surface area contributed by atoms with E-state index < -0.39 is 5.54 Å². The number of likely N-dealkylation sites (N-methyl/N-ethyl adjacent to an activating group) is 1. The number of hydrogen-bond donors (Lipinski definition) is 1. The Morgan fingerprint density at radius 1 is 1.29 bits per heavy atom. The smallest absolute Gasteiger partial charge is 0.257 e. The monoisotopic (exact) mass is 380 g/mol. The van der Waals surface area contributed by atoms with Crippen LogP contribution in [0.1, 0.15) is 30.9 Å². The average molecular weight is 380 g/mol. The van der Waals surface area contributed by atoms with Gasteiger partial charge in [0, 0.05) is 19.8 Å². The fraction of sp³-hybridized carbons (Fsp3) is 0.409. The zero-order chi connectivity index (χ0) is 20.3. The first kappa shape index (κ1) is 20.0. The first-order valence-electron chi connectivity index (χ1n) is 9.58. The molecule has 0 aromatic heterocycles. The predicted molar refractivity (Wildman–Crippen MR) is 112 cm³/mol. The second-order valence-corrected chi connectivity index (χ2v) is 7.71. The third-order valence-electron chi connectivity index (χ3n) is 5.53. The van der Waals surface area contributed by atoms with Gasteiger partial charge in [-0.3, -0.25) is 14.5 Å². The molecule has 6 nitrogen and oxygen atoms in total. The van der Waals surface area contributed by atoms with Crippen LogP contribution < -0.4 is 5.32 Å². The lowest BCUT2D eigenvalue weighted by atomic mass is 9.91. The molecule has 1 aromatic carbocycles. The molecule has 2 atom stereocenters. The highest BCUT2D eigenvalue weighted by atomic mass is 16.2. The summed E-state index contributed by atoms with van der Waals surface area (Å²) in [5.74, 6) is 0.706. The third-order valence-corrected chi connectivity index (χ3v) is 5.53. The fourth-order valence-corrected chi connectivity index (χ4v) is 3.83. The summed E-state index contributed by atoms with van der Waals surface area (Å²) in [4.78, 5) is 32.3. The van der Waals surface area contributed by atoms with Crippen molar-refractivity contribution >= 4 is 23.7 Å². The molecule has 1 fully saturated rings. The molecular formula is C22H28N4O2. The summed E-state index contributed by atoms with van der Waals surface area (Å²) in [5, 5.41) is 3.01. The number of allylic oxidation sites excluding steroid dienone is 3. The second kappa shape index (κ2) is 8.10. The molecule has 28 heavy (non-hydrogen) atoms. The summed E-state index contributed by atoms with van der Waals surface area (Å²) in [6, 6.07) is 8.09. The number of carbonyl (C=O) groups excluding carboxylic acids is 2. The van der Waals surface area contributed by atoms with Gasteiger partial charge in [-0.2, -0.15) is 0 Å². The molecule has 1 aromatic rings. The zero-order valence-corrected chi connectivity index (χ0v) is 17.0. The minimum absolute atomic E-state index is 0.0761. The van der Waals surface area contributed by atoms with E-state index in [0.29, 0.717) is 0 Å². The standard InChI is InChI=1S/C22H28N4O2/c1-22(21(28)23-20(24-22)19-9-7-14-26(19)4)17-12-10-16(11-13-17)18(25(2)3)8-5-6-15-27/h5-6,8,10-13,15,19H,7,9,14H2,1-4H3,(H,23,24,28)/b6-5-,18-8-. The zero-order valence-electron chi connectivity index (χ0n) is 17.0. The number of aldehydes is 1. The number of benzene rings is 1. The molecule has 6 heteroatoms. The summed E-state index contributed by atoms with van der Waals surface area (Å²) < 4.78 is 0. The number of amides is 1. The Balaban J connectivity index is 1.88. The first-order valence-corrected chi connectivity index (χ1v) is 9.58. The van der Waals surface area contributed by atoms with E-state index >= 15 is 0 Å². The summed E-state index contributed by atoms with van der Waals surface area (Å²) in [6.45, 7) is 2.90. The maximum atomic E-state index is 12.8. The lowest BCUT2D eigenvalue weighted by Gasteiger charge is -2.21. The summed E-state index contributed by atoms with van der Waals surface area (Å²) in [7, 11) is 5.98. The minimum atomic E-state index is -0.906. The van der Waals surface area contributed by atoms with Crippen molar-refractivity contribution in [1.29, 1.82) is 0 Å². The summed E-state index contributed by atoms with van der Waals surface area (Å²) >= 11 is 0. The van der Waals surface area contributed by atoms with Crippen molar-refractivity contribution in [2.75, 3.05) is 27.7 Å². The molecule has 0 bridgehead atoms. The Kier molecular flexibility index (Phi) is 5.79. The molecule has 2 unspecified atom stereocenters. The molecule has 0 saturated carbocycles.